The van der Waals surface area contributed by atoms with E-state index in [1.54, 1.807) is 12.1 Å². The van der Waals surface area contributed by atoms with Crippen molar-refractivity contribution in [1.82, 2.24) is 4.90 Å². The van der Waals surface area contributed by atoms with Crippen LogP contribution in [0, 0.1) is 11.7 Å². The lowest BCUT2D eigenvalue weighted by Gasteiger charge is -2.32. The molecular weight excluding hydrogens is 347 g/mol. The number of nitrogens with one attached hydrogen (secondary N) is 1. The lowest BCUT2D eigenvalue weighted by Crippen LogP contribution is -2.35. The second-order valence-electron chi connectivity index (χ2n) is 7.36. The largest absolute Gasteiger partial charge is 0.372 e. The van der Waals surface area contributed by atoms with Crippen LogP contribution in [0.4, 0.5) is 10.1 Å². The predicted octanol–water partition coefficient (Wildman–Crippen LogP) is 3.81. The van der Waals surface area contributed by atoms with Crippen molar-refractivity contribution in [3.05, 3.63) is 59.4 Å². The van der Waals surface area contributed by atoms with Crippen LogP contribution in [0.1, 0.15) is 24.0 Å². The van der Waals surface area contributed by atoms with E-state index < -0.39 is 10.8 Å². The molecule has 0 saturated carbocycles. The van der Waals surface area contributed by atoms with Crippen molar-refractivity contribution in [3.8, 4) is 0 Å². The van der Waals surface area contributed by atoms with E-state index in [1.807, 2.05) is 12.1 Å². The first-order valence-corrected chi connectivity index (χ1v) is 10.7. The Balaban J connectivity index is 1.25. The summed E-state index contributed by atoms with van der Waals surface area (Å²) in [6, 6.07) is 13.3. The number of likely N-dealkylation sites (tertiary alicyclic amines) is 1. The molecule has 5 heteroatoms. The maximum Gasteiger partial charge on any atom is 0.123 e. The minimum atomic E-state index is -0.890. The minimum Gasteiger partial charge on any atom is -0.372 e. The molecule has 1 atom stereocenters. The van der Waals surface area contributed by atoms with E-state index in [2.05, 4.69) is 28.4 Å². The highest BCUT2D eigenvalue weighted by Gasteiger charge is 2.20. The topological polar surface area (TPSA) is 32.3 Å². The Hall–Kier alpha value is -1.72. The summed E-state index contributed by atoms with van der Waals surface area (Å²) in [5.74, 6) is 1.08. The number of hydrogen-bond acceptors (Lipinski definition) is 3. The Kier molecular flexibility index (Phi) is 5.36. The number of nitrogens with zero attached hydrogens (tertiary/aromatic N) is 1. The lowest BCUT2D eigenvalue weighted by molar-refractivity contribution is 0.186. The zero-order valence-electron chi connectivity index (χ0n) is 14.9. The van der Waals surface area contributed by atoms with Gasteiger partial charge >= 0.3 is 0 Å². The number of piperidine rings is 1. The Labute approximate surface area is 157 Å². The minimum absolute atomic E-state index is 0.158. The average Bonchev–Trinajstić information content (AvgIpc) is 3.04. The fraction of sp³-hybridized carbons (Fsp3) is 0.429. The molecule has 0 amide bonds. The molecule has 0 aliphatic carbocycles. The van der Waals surface area contributed by atoms with Crippen LogP contribution in [0.2, 0.25) is 0 Å². The van der Waals surface area contributed by atoms with Crippen molar-refractivity contribution in [2.75, 3.05) is 30.8 Å². The van der Waals surface area contributed by atoms with Gasteiger partial charge in [0.2, 0.25) is 0 Å². The number of benzene rings is 2. The van der Waals surface area contributed by atoms with Gasteiger partial charge in [-0.05, 0) is 80.1 Å². The second kappa shape index (κ2) is 7.89. The van der Waals surface area contributed by atoms with Gasteiger partial charge in [0.15, 0.2) is 0 Å². The molecular formula is C21H25FN2OS. The molecule has 0 bridgehead atoms. The normalized spacial score (nSPS) is 20.7. The first-order chi connectivity index (χ1) is 12.7. The SMILES string of the molecule is O=S1CNc2ccc(CCN3CCC(Cc4ccc(F)cc4)CC3)cc21. The van der Waals surface area contributed by atoms with Crippen molar-refractivity contribution >= 4 is 16.5 Å². The third kappa shape index (κ3) is 4.15. The molecule has 1 fully saturated rings. The van der Waals surface area contributed by atoms with Crippen LogP contribution in [0.5, 0.6) is 0 Å². The molecule has 2 aromatic carbocycles. The molecule has 138 valence electrons. The summed E-state index contributed by atoms with van der Waals surface area (Å²) < 4.78 is 25.0. The molecule has 4 rings (SSSR count). The molecule has 1 unspecified atom stereocenters. The van der Waals surface area contributed by atoms with E-state index in [0.29, 0.717) is 11.8 Å². The zero-order chi connectivity index (χ0) is 17.9. The van der Waals surface area contributed by atoms with E-state index in [-0.39, 0.29) is 5.82 Å². The highest BCUT2D eigenvalue weighted by molar-refractivity contribution is 7.85. The van der Waals surface area contributed by atoms with Gasteiger partial charge in [0.05, 0.1) is 27.3 Å². The predicted molar refractivity (Wildman–Crippen MR) is 104 cm³/mol. The first-order valence-electron chi connectivity index (χ1n) is 9.39. The van der Waals surface area contributed by atoms with Gasteiger partial charge in [-0.25, -0.2) is 4.39 Å². The molecule has 1 N–H and O–H groups in total. The monoisotopic (exact) mass is 372 g/mol. The zero-order valence-corrected chi connectivity index (χ0v) is 15.7. The van der Waals surface area contributed by atoms with E-state index in [0.717, 1.165) is 43.1 Å². The fourth-order valence-electron chi connectivity index (χ4n) is 3.93. The van der Waals surface area contributed by atoms with E-state index in [4.69, 9.17) is 0 Å². The number of fused-ring (bicyclic) bond motifs is 1. The van der Waals surface area contributed by atoms with Gasteiger partial charge in [-0.15, -0.1) is 0 Å². The summed E-state index contributed by atoms with van der Waals surface area (Å²) in [7, 11) is -0.890. The first kappa shape index (κ1) is 17.7. The number of rotatable bonds is 5. The van der Waals surface area contributed by atoms with Gasteiger partial charge in [-0.1, -0.05) is 18.2 Å². The Morgan fingerprint density at radius 2 is 1.81 bits per heavy atom. The van der Waals surface area contributed by atoms with E-state index in [1.165, 1.54) is 24.0 Å². The molecule has 0 radical (unpaired) electrons. The van der Waals surface area contributed by atoms with Crippen molar-refractivity contribution in [2.24, 2.45) is 5.92 Å². The van der Waals surface area contributed by atoms with Crippen LogP contribution in [-0.4, -0.2) is 34.6 Å². The van der Waals surface area contributed by atoms with Crippen LogP contribution < -0.4 is 5.32 Å². The van der Waals surface area contributed by atoms with Crippen molar-refractivity contribution in [2.45, 2.75) is 30.6 Å². The molecule has 3 nitrogen and oxygen atoms in total. The smallest absolute Gasteiger partial charge is 0.123 e. The average molecular weight is 373 g/mol. The molecule has 2 aliphatic rings. The van der Waals surface area contributed by atoms with Crippen molar-refractivity contribution < 1.29 is 8.60 Å². The third-order valence-corrected chi connectivity index (χ3v) is 6.78. The van der Waals surface area contributed by atoms with Crippen molar-refractivity contribution in [3.63, 3.8) is 0 Å². The summed E-state index contributed by atoms with van der Waals surface area (Å²) in [6.45, 7) is 3.32. The molecule has 26 heavy (non-hydrogen) atoms. The van der Waals surface area contributed by atoms with Crippen LogP contribution in [0.25, 0.3) is 0 Å². The van der Waals surface area contributed by atoms with Gasteiger partial charge in [-0.3, -0.25) is 4.21 Å². The number of anilines is 1. The highest BCUT2D eigenvalue weighted by atomic mass is 32.2. The maximum atomic E-state index is 13.0. The quantitative estimate of drug-likeness (QED) is 0.866. The third-order valence-electron chi connectivity index (χ3n) is 5.55. The van der Waals surface area contributed by atoms with Crippen LogP contribution in [-0.2, 0) is 23.6 Å². The Bertz CT molecular complexity index is 785. The Morgan fingerprint density at radius 1 is 1.08 bits per heavy atom. The Morgan fingerprint density at radius 3 is 2.58 bits per heavy atom. The van der Waals surface area contributed by atoms with Gasteiger partial charge < -0.3 is 10.2 Å². The summed E-state index contributed by atoms with van der Waals surface area (Å²) >= 11 is 0. The highest BCUT2D eigenvalue weighted by Crippen LogP contribution is 2.27. The van der Waals surface area contributed by atoms with Crippen LogP contribution >= 0.6 is 0 Å². The van der Waals surface area contributed by atoms with E-state index >= 15 is 0 Å². The second-order valence-corrected chi connectivity index (χ2v) is 8.78. The van der Waals surface area contributed by atoms with Crippen LogP contribution in [0.15, 0.2) is 47.4 Å². The summed E-state index contributed by atoms with van der Waals surface area (Å²) in [4.78, 5) is 3.49. The molecule has 2 aromatic rings. The maximum absolute atomic E-state index is 13.0. The standard InChI is InChI=1S/C21H25FN2OS/c22-19-4-1-16(2-5-19)13-18-8-11-24(12-9-18)10-7-17-3-6-20-21(14-17)26(25)15-23-20/h1-6,14,18,23H,7-13,15H2. The summed E-state index contributed by atoms with van der Waals surface area (Å²) in [5, 5.41) is 3.18. The molecule has 0 spiro atoms. The lowest BCUT2D eigenvalue weighted by atomic mass is 9.90. The van der Waals surface area contributed by atoms with Gasteiger partial charge in [-0.2, -0.15) is 0 Å². The van der Waals surface area contributed by atoms with E-state index in [9.17, 15) is 8.60 Å². The fourth-order valence-corrected chi connectivity index (χ4v) is 5.04. The number of halogens is 1. The summed E-state index contributed by atoms with van der Waals surface area (Å²) in [6.07, 6.45) is 4.47. The van der Waals surface area contributed by atoms with Gasteiger partial charge in [0.25, 0.3) is 0 Å². The molecule has 1 saturated heterocycles. The van der Waals surface area contributed by atoms with Gasteiger partial charge in [0, 0.05) is 6.54 Å². The number of hydrogen-bond donors (Lipinski definition) is 1. The molecule has 2 aliphatic heterocycles. The molecule has 0 aromatic heterocycles. The van der Waals surface area contributed by atoms with Crippen molar-refractivity contribution in [1.29, 1.82) is 0 Å². The summed E-state index contributed by atoms with van der Waals surface area (Å²) in [5.41, 5.74) is 3.53. The van der Waals surface area contributed by atoms with Gasteiger partial charge in [0.1, 0.15) is 5.82 Å². The molecule has 2 heterocycles. The van der Waals surface area contributed by atoms with Crippen LogP contribution in [0.3, 0.4) is 0 Å².